The molecule has 1 saturated carbocycles. The van der Waals surface area contributed by atoms with Crippen LogP contribution in [-0.4, -0.2) is 70.3 Å². The van der Waals surface area contributed by atoms with Crippen LogP contribution in [0.1, 0.15) is 43.4 Å². The van der Waals surface area contributed by atoms with E-state index in [9.17, 15) is 23.3 Å². The Kier molecular flexibility index (Phi) is 8.56. The molecule has 13 heteroatoms. The summed E-state index contributed by atoms with van der Waals surface area (Å²) in [6.45, 7) is 2.08. The number of anilines is 2. The first-order chi connectivity index (χ1) is 18.0. The minimum atomic E-state index is -4.83. The molecule has 1 aromatic carbocycles. The third kappa shape index (κ3) is 7.01. The normalized spacial score (nSPS) is 22.5. The molecule has 3 N–H and O–H groups in total. The number of nitrogens with two attached hydrogens (primary N) is 1. The van der Waals surface area contributed by atoms with Crippen molar-refractivity contribution in [3.05, 3.63) is 45.6 Å². The molecular formula is C25H34F3N7O3. The summed E-state index contributed by atoms with van der Waals surface area (Å²) in [4.78, 5) is 24.4. The predicted molar refractivity (Wildman–Crippen MR) is 137 cm³/mol. The van der Waals surface area contributed by atoms with E-state index >= 15 is 0 Å². The summed E-state index contributed by atoms with van der Waals surface area (Å²) in [6.07, 6.45) is 0.639. The molecule has 208 valence electrons. The van der Waals surface area contributed by atoms with Crippen molar-refractivity contribution < 1.29 is 22.8 Å². The molecule has 2 aliphatic rings. The molecule has 38 heavy (non-hydrogen) atoms. The van der Waals surface area contributed by atoms with E-state index in [4.69, 9.17) is 5.73 Å². The van der Waals surface area contributed by atoms with Crippen molar-refractivity contribution in [3.63, 3.8) is 0 Å². The Balaban J connectivity index is 1.42. The van der Waals surface area contributed by atoms with Gasteiger partial charge in [-0.1, -0.05) is 18.2 Å². The van der Waals surface area contributed by atoms with Crippen molar-refractivity contribution in [3.8, 4) is 5.75 Å². The highest BCUT2D eigenvalue weighted by molar-refractivity contribution is 5.58. The first-order valence-corrected chi connectivity index (χ1v) is 12.8. The molecule has 0 unspecified atom stereocenters. The standard InChI is InChI=1S/C25H34F3N7O3/c1-33(2)19-11-12-34(15-19)18-9-7-16(8-10-18)13-20-22(35(36)37)23(29)32-24(31-20)30-14-17-5-3-4-6-21(17)38-25(26,27)28/h3-6,16,18-19H,7-15H2,1-2H3,(H3,29,30,31,32)/t16-,18-,19-/m1/s1. The number of alkyl halides is 3. The number of ether oxygens (including phenoxy) is 1. The summed E-state index contributed by atoms with van der Waals surface area (Å²) < 4.78 is 42.3. The average molecular weight is 538 g/mol. The van der Waals surface area contributed by atoms with E-state index in [1.807, 2.05) is 0 Å². The molecule has 1 aliphatic carbocycles. The summed E-state index contributed by atoms with van der Waals surface area (Å²) in [5, 5.41) is 14.6. The van der Waals surface area contributed by atoms with E-state index in [2.05, 4.69) is 43.9 Å². The lowest BCUT2D eigenvalue weighted by Gasteiger charge is -2.35. The van der Waals surface area contributed by atoms with E-state index in [1.165, 1.54) is 24.6 Å². The molecule has 1 aromatic heterocycles. The minimum Gasteiger partial charge on any atom is -0.405 e. The second kappa shape index (κ2) is 11.7. The maximum atomic E-state index is 12.7. The van der Waals surface area contributed by atoms with E-state index in [1.54, 1.807) is 6.07 Å². The van der Waals surface area contributed by atoms with Gasteiger partial charge in [0.05, 0.1) is 4.92 Å². The fourth-order valence-corrected chi connectivity index (χ4v) is 5.50. The minimum absolute atomic E-state index is 0.0189. The first-order valence-electron chi connectivity index (χ1n) is 12.8. The maximum Gasteiger partial charge on any atom is 0.573 e. The molecule has 1 saturated heterocycles. The number of para-hydroxylation sites is 1. The monoisotopic (exact) mass is 537 g/mol. The lowest BCUT2D eigenvalue weighted by atomic mass is 9.82. The van der Waals surface area contributed by atoms with Gasteiger partial charge < -0.3 is 20.7 Å². The topological polar surface area (TPSA) is 123 Å². The van der Waals surface area contributed by atoms with Crippen LogP contribution in [0, 0.1) is 16.0 Å². The van der Waals surface area contributed by atoms with Crippen LogP contribution < -0.4 is 15.8 Å². The Morgan fingerprint density at radius 2 is 1.89 bits per heavy atom. The number of benzene rings is 1. The number of aromatic nitrogens is 2. The zero-order valence-corrected chi connectivity index (χ0v) is 21.6. The lowest BCUT2D eigenvalue weighted by molar-refractivity contribution is -0.385. The molecule has 4 rings (SSSR count). The Morgan fingerprint density at radius 3 is 2.53 bits per heavy atom. The van der Waals surface area contributed by atoms with Crippen molar-refractivity contribution in [2.24, 2.45) is 5.92 Å². The Hall–Kier alpha value is -3.19. The first kappa shape index (κ1) is 27.8. The zero-order chi connectivity index (χ0) is 27.4. The smallest absolute Gasteiger partial charge is 0.405 e. The quantitative estimate of drug-likeness (QED) is 0.358. The molecule has 2 fully saturated rings. The number of nitro groups is 1. The lowest BCUT2D eigenvalue weighted by Crippen LogP contribution is -2.39. The summed E-state index contributed by atoms with van der Waals surface area (Å²) in [7, 11) is 4.23. The summed E-state index contributed by atoms with van der Waals surface area (Å²) in [6, 6.07) is 6.80. The van der Waals surface area contributed by atoms with E-state index < -0.39 is 11.3 Å². The van der Waals surface area contributed by atoms with Gasteiger partial charge in [0.2, 0.25) is 11.8 Å². The van der Waals surface area contributed by atoms with E-state index in [0.717, 1.165) is 38.8 Å². The van der Waals surface area contributed by atoms with Crippen molar-refractivity contribution in [1.82, 2.24) is 19.8 Å². The molecule has 1 atom stereocenters. The highest BCUT2D eigenvalue weighted by Gasteiger charge is 2.34. The van der Waals surface area contributed by atoms with Crippen molar-refractivity contribution in [2.75, 3.05) is 38.2 Å². The van der Waals surface area contributed by atoms with Gasteiger partial charge in [-0.25, -0.2) is 4.98 Å². The molecule has 0 spiro atoms. The molecule has 10 nitrogen and oxygen atoms in total. The molecule has 2 aromatic rings. The summed E-state index contributed by atoms with van der Waals surface area (Å²) >= 11 is 0. The number of rotatable bonds is 9. The SMILES string of the molecule is CN(C)[C@@H]1CCN([C@H]2CC[C@H](Cc3nc(NCc4ccccc4OC(F)(F)F)nc(N)c3[N+](=O)[O-])CC2)C1. The van der Waals surface area contributed by atoms with Crippen LogP contribution in [0.5, 0.6) is 5.75 Å². The highest BCUT2D eigenvalue weighted by atomic mass is 19.4. The van der Waals surface area contributed by atoms with E-state index in [0.29, 0.717) is 18.5 Å². The van der Waals surface area contributed by atoms with Gasteiger partial charge in [0.25, 0.3) is 0 Å². The van der Waals surface area contributed by atoms with Crippen LogP contribution in [-0.2, 0) is 13.0 Å². The second-order valence-electron chi connectivity index (χ2n) is 10.3. The molecular weight excluding hydrogens is 503 g/mol. The van der Waals surface area contributed by atoms with Gasteiger partial charge >= 0.3 is 12.0 Å². The van der Waals surface area contributed by atoms with Crippen molar-refractivity contribution in [2.45, 2.75) is 63.5 Å². The number of halogens is 3. The maximum absolute atomic E-state index is 12.7. The average Bonchev–Trinajstić information content (AvgIpc) is 3.33. The number of likely N-dealkylation sites (N-methyl/N-ethyl adjacent to an activating group) is 1. The van der Waals surface area contributed by atoms with Crippen LogP contribution in [0.4, 0.5) is 30.6 Å². The van der Waals surface area contributed by atoms with Crippen LogP contribution in [0.2, 0.25) is 0 Å². The number of hydrogen-bond acceptors (Lipinski definition) is 9. The van der Waals surface area contributed by atoms with Gasteiger partial charge in [0.1, 0.15) is 11.4 Å². The highest BCUT2D eigenvalue weighted by Crippen LogP contribution is 2.35. The Labute approximate surface area is 219 Å². The van der Waals surface area contributed by atoms with Gasteiger partial charge in [-0.05, 0) is 64.6 Å². The third-order valence-corrected chi connectivity index (χ3v) is 7.54. The van der Waals surface area contributed by atoms with Crippen molar-refractivity contribution >= 4 is 17.5 Å². The van der Waals surface area contributed by atoms with Crippen LogP contribution >= 0.6 is 0 Å². The number of hydrogen-bond donors (Lipinski definition) is 2. The van der Waals surface area contributed by atoms with Gasteiger partial charge in [-0.2, -0.15) is 4.98 Å². The zero-order valence-electron chi connectivity index (χ0n) is 21.6. The molecule has 0 bridgehead atoms. The molecule has 2 heterocycles. The second-order valence-corrected chi connectivity index (χ2v) is 10.3. The molecule has 0 amide bonds. The predicted octanol–water partition coefficient (Wildman–Crippen LogP) is 4.21. The Bertz CT molecular complexity index is 1120. The van der Waals surface area contributed by atoms with Crippen molar-refractivity contribution in [1.29, 1.82) is 0 Å². The molecule has 0 radical (unpaired) electrons. The number of nitrogen functional groups attached to an aromatic ring is 1. The fourth-order valence-electron chi connectivity index (χ4n) is 5.50. The van der Waals surface area contributed by atoms with Crippen LogP contribution in [0.25, 0.3) is 0 Å². The molecule has 1 aliphatic heterocycles. The third-order valence-electron chi connectivity index (χ3n) is 7.54. The number of likely N-dealkylation sites (tertiary alicyclic amines) is 1. The summed E-state index contributed by atoms with van der Waals surface area (Å²) in [5.74, 6) is -0.386. The Morgan fingerprint density at radius 1 is 1.18 bits per heavy atom. The number of nitrogens with zero attached hydrogens (tertiary/aromatic N) is 5. The van der Waals surface area contributed by atoms with Gasteiger partial charge in [-0.3, -0.25) is 15.0 Å². The van der Waals surface area contributed by atoms with E-state index in [-0.39, 0.29) is 46.9 Å². The largest absolute Gasteiger partial charge is 0.573 e. The number of nitrogens with one attached hydrogen (secondary N) is 1. The fraction of sp³-hybridized carbons (Fsp3) is 0.600. The summed E-state index contributed by atoms with van der Waals surface area (Å²) in [5.41, 5.74) is 6.09. The van der Waals surface area contributed by atoms with Crippen LogP contribution in [0.15, 0.2) is 24.3 Å². The van der Waals surface area contributed by atoms with Gasteiger partial charge in [0.15, 0.2) is 0 Å². The van der Waals surface area contributed by atoms with Crippen LogP contribution in [0.3, 0.4) is 0 Å². The van der Waals surface area contributed by atoms with Gasteiger partial charge in [0, 0.05) is 37.3 Å². The van der Waals surface area contributed by atoms with Gasteiger partial charge in [-0.15, -0.1) is 13.2 Å².